The van der Waals surface area contributed by atoms with E-state index in [1.807, 2.05) is 20.8 Å². The van der Waals surface area contributed by atoms with E-state index in [0.717, 1.165) is 21.6 Å². The number of nitro groups is 1. The second kappa shape index (κ2) is 5.54. The number of rotatable bonds is 4. The first kappa shape index (κ1) is 14.4. The van der Waals surface area contributed by atoms with Crippen LogP contribution in [0.5, 0.6) is 0 Å². The number of thiazole rings is 1. The van der Waals surface area contributed by atoms with Gasteiger partial charge in [0.1, 0.15) is 5.82 Å². The van der Waals surface area contributed by atoms with Gasteiger partial charge in [0.15, 0.2) is 0 Å². The van der Waals surface area contributed by atoms with Crippen molar-refractivity contribution in [1.29, 1.82) is 0 Å². The fraction of sp³-hybridized carbons (Fsp3) is 0.308. The normalized spacial score (nSPS) is 12.2. The largest absolute Gasteiger partial charge is 0.377 e. The van der Waals surface area contributed by atoms with E-state index in [0.29, 0.717) is 5.69 Å². The lowest BCUT2D eigenvalue weighted by atomic mass is 10.2. The lowest BCUT2D eigenvalue weighted by molar-refractivity contribution is -0.385. The van der Waals surface area contributed by atoms with Crippen molar-refractivity contribution >= 4 is 22.7 Å². The van der Waals surface area contributed by atoms with Crippen molar-refractivity contribution in [2.75, 3.05) is 5.32 Å². The summed E-state index contributed by atoms with van der Waals surface area (Å²) in [5.74, 6) is -0.633. The third kappa shape index (κ3) is 3.11. The molecule has 1 atom stereocenters. The van der Waals surface area contributed by atoms with Gasteiger partial charge in [0.05, 0.1) is 27.7 Å². The molecule has 0 spiro atoms. The molecule has 0 amide bonds. The molecule has 2 rings (SSSR count). The van der Waals surface area contributed by atoms with E-state index in [9.17, 15) is 14.5 Å². The molecule has 0 bridgehead atoms. The van der Waals surface area contributed by atoms with Crippen LogP contribution in [0, 0.1) is 29.8 Å². The van der Waals surface area contributed by atoms with E-state index < -0.39 is 10.7 Å². The van der Waals surface area contributed by atoms with Gasteiger partial charge in [-0.1, -0.05) is 0 Å². The van der Waals surface area contributed by atoms with E-state index in [-0.39, 0.29) is 11.7 Å². The second-order valence-corrected chi connectivity index (χ2v) is 5.74. The molecule has 0 aliphatic heterocycles. The molecule has 0 aliphatic carbocycles. The van der Waals surface area contributed by atoms with Crippen LogP contribution in [-0.2, 0) is 0 Å². The molecule has 1 aromatic heterocycles. The van der Waals surface area contributed by atoms with Crippen molar-refractivity contribution in [2.24, 2.45) is 0 Å². The molecular weight excluding hydrogens is 281 g/mol. The Bertz CT molecular complexity index is 657. The maximum Gasteiger partial charge on any atom is 0.274 e. The summed E-state index contributed by atoms with van der Waals surface area (Å²) in [5, 5.41) is 14.8. The molecule has 0 aliphatic rings. The maximum absolute atomic E-state index is 13.4. The number of benzene rings is 1. The van der Waals surface area contributed by atoms with Gasteiger partial charge in [-0.25, -0.2) is 9.37 Å². The zero-order valence-corrected chi connectivity index (χ0v) is 12.1. The third-order valence-electron chi connectivity index (χ3n) is 2.81. The summed E-state index contributed by atoms with van der Waals surface area (Å²) in [6.07, 6.45) is 0. The number of halogens is 1. The first-order valence-corrected chi connectivity index (χ1v) is 6.84. The lowest BCUT2D eigenvalue weighted by Gasteiger charge is -2.14. The molecule has 0 saturated heterocycles. The van der Waals surface area contributed by atoms with Gasteiger partial charge < -0.3 is 5.32 Å². The molecule has 106 valence electrons. The maximum atomic E-state index is 13.4. The summed E-state index contributed by atoms with van der Waals surface area (Å²) < 4.78 is 13.4. The minimum Gasteiger partial charge on any atom is -0.377 e. The highest BCUT2D eigenvalue weighted by atomic mass is 32.1. The van der Waals surface area contributed by atoms with Crippen molar-refractivity contribution in [2.45, 2.75) is 26.8 Å². The topological polar surface area (TPSA) is 68.1 Å². The van der Waals surface area contributed by atoms with Gasteiger partial charge >= 0.3 is 0 Å². The predicted molar refractivity (Wildman–Crippen MR) is 76.7 cm³/mol. The molecule has 1 N–H and O–H groups in total. The van der Waals surface area contributed by atoms with Crippen LogP contribution in [0.4, 0.5) is 15.8 Å². The van der Waals surface area contributed by atoms with E-state index in [1.165, 1.54) is 12.1 Å². The number of anilines is 1. The highest BCUT2D eigenvalue weighted by Crippen LogP contribution is 2.29. The minimum atomic E-state index is -0.633. The molecule has 2 aromatic rings. The minimum absolute atomic E-state index is 0.0948. The standard InChI is InChI=1S/C13H14FN3O2S/c1-7-13(20-9(3)15-7)8(2)16-11-4-10(14)5-12(6-11)17(18)19/h4-6,8,16H,1-3H3. The van der Waals surface area contributed by atoms with Gasteiger partial charge in [0.25, 0.3) is 5.69 Å². The number of nitro benzene ring substituents is 1. The highest BCUT2D eigenvalue weighted by molar-refractivity contribution is 7.11. The second-order valence-electron chi connectivity index (χ2n) is 4.50. The van der Waals surface area contributed by atoms with Crippen molar-refractivity contribution in [1.82, 2.24) is 4.98 Å². The molecule has 7 heteroatoms. The van der Waals surface area contributed by atoms with Gasteiger partial charge in [-0.15, -0.1) is 11.3 Å². The highest BCUT2D eigenvalue weighted by Gasteiger charge is 2.15. The van der Waals surface area contributed by atoms with Gasteiger partial charge in [-0.3, -0.25) is 10.1 Å². The molecule has 5 nitrogen and oxygen atoms in total. The van der Waals surface area contributed by atoms with Crippen LogP contribution in [0.3, 0.4) is 0 Å². The van der Waals surface area contributed by atoms with Crippen LogP contribution in [0.25, 0.3) is 0 Å². The number of nitrogens with zero attached hydrogens (tertiary/aromatic N) is 2. The molecule has 1 aromatic carbocycles. The van der Waals surface area contributed by atoms with Crippen LogP contribution < -0.4 is 5.32 Å². The molecular formula is C13H14FN3O2S. The first-order valence-electron chi connectivity index (χ1n) is 6.02. The Morgan fingerprint density at radius 1 is 1.40 bits per heavy atom. The van der Waals surface area contributed by atoms with Gasteiger partial charge in [-0.2, -0.15) is 0 Å². The quantitative estimate of drug-likeness (QED) is 0.684. The zero-order valence-electron chi connectivity index (χ0n) is 11.3. The average Bonchev–Trinajstić information content (AvgIpc) is 2.67. The Labute approximate surface area is 119 Å². The summed E-state index contributed by atoms with van der Waals surface area (Å²) in [6, 6.07) is 3.37. The number of non-ortho nitro benzene ring substituents is 1. The van der Waals surface area contributed by atoms with Gasteiger partial charge in [0.2, 0.25) is 0 Å². The van der Waals surface area contributed by atoms with E-state index >= 15 is 0 Å². The Morgan fingerprint density at radius 2 is 2.10 bits per heavy atom. The van der Waals surface area contributed by atoms with Crippen LogP contribution in [0.1, 0.15) is 28.5 Å². The summed E-state index contributed by atoms with van der Waals surface area (Å²) in [6.45, 7) is 5.74. The monoisotopic (exact) mass is 295 g/mol. The predicted octanol–water partition coefficient (Wildman–Crippen LogP) is 3.98. The van der Waals surface area contributed by atoms with E-state index in [4.69, 9.17) is 0 Å². The number of aryl methyl sites for hydroxylation is 2. The van der Waals surface area contributed by atoms with Crippen LogP contribution in [0.15, 0.2) is 18.2 Å². The fourth-order valence-electron chi connectivity index (χ4n) is 2.03. The summed E-state index contributed by atoms with van der Waals surface area (Å²) in [4.78, 5) is 15.5. The molecule has 0 radical (unpaired) electrons. The van der Waals surface area contributed by atoms with Crippen molar-refractivity contribution in [3.63, 3.8) is 0 Å². The number of hydrogen-bond donors (Lipinski definition) is 1. The zero-order chi connectivity index (χ0) is 14.9. The Balaban J connectivity index is 2.25. The fourth-order valence-corrected chi connectivity index (χ4v) is 2.96. The number of aromatic nitrogens is 1. The Hall–Kier alpha value is -2.02. The van der Waals surface area contributed by atoms with Crippen molar-refractivity contribution in [3.05, 3.63) is 49.7 Å². The SMILES string of the molecule is Cc1nc(C)c(C(C)Nc2cc(F)cc([N+](=O)[O-])c2)s1. The number of hydrogen-bond acceptors (Lipinski definition) is 5. The van der Waals surface area contributed by atoms with Crippen LogP contribution in [0.2, 0.25) is 0 Å². The van der Waals surface area contributed by atoms with Crippen LogP contribution >= 0.6 is 11.3 Å². The smallest absolute Gasteiger partial charge is 0.274 e. The van der Waals surface area contributed by atoms with Crippen molar-refractivity contribution < 1.29 is 9.31 Å². The molecule has 20 heavy (non-hydrogen) atoms. The third-order valence-corrected chi connectivity index (χ3v) is 4.06. The first-order chi connectivity index (χ1) is 9.36. The average molecular weight is 295 g/mol. The van der Waals surface area contributed by atoms with E-state index in [2.05, 4.69) is 10.3 Å². The lowest BCUT2D eigenvalue weighted by Crippen LogP contribution is -2.07. The molecule has 0 fully saturated rings. The van der Waals surface area contributed by atoms with Crippen molar-refractivity contribution in [3.8, 4) is 0 Å². The molecule has 0 saturated carbocycles. The summed E-state index contributed by atoms with van der Waals surface area (Å²) in [7, 11) is 0. The van der Waals surface area contributed by atoms with E-state index in [1.54, 1.807) is 11.3 Å². The Kier molecular flexibility index (Phi) is 3.99. The van der Waals surface area contributed by atoms with Crippen LogP contribution in [-0.4, -0.2) is 9.91 Å². The molecule has 1 heterocycles. The molecule has 1 unspecified atom stereocenters. The summed E-state index contributed by atoms with van der Waals surface area (Å²) >= 11 is 1.56. The van der Waals surface area contributed by atoms with Gasteiger partial charge in [-0.05, 0) is 26.8 Å². The number of nitrogens with one attached hydrogen (secondary N) is 1. The Morgan fingerprint density at radius 3 is 2.65 bits per heavy atom. The van der Waals surface area contributed by atoms with Gasteiger partial charge in [0, 0.05) is 16.6 Å². The summed E-state index contributed by atoms with van der Waals surface area (Å²) in [5.41, 5.74) is 1.03.